The van der Waals surface area contributed by atoms with Crippen molar-refractivity contribution in [2.45, 2.75) is 115 Å². The first-order valence-corrected chi connectivity index (χ1v) is 11.3. The van der Waals surface area contributed by atoms with Gasteiger partial charge < -0.3 is 11.5 Å². The van der Waals surface area contributed by atoms with Gasteiger partial charge in [-0.05, 0) is 24.8 Å². The minimum Gasteiger partial charge on any atom is -0.316 e. The molecule has 0 atom stereocenters. The van der Waals surface area contributed by atoms with E-state index in [-0.39, 0.29) is 6.17 Å². The molecule has 0 bridgehead atoms. The second-order valence-electron chi connectivity index (χ2n) is 7.99. The van der Waals surface area contributed by atoms with Crippen LogP contribution in [-0.4, -0.2) is 6.17 Å². The molecule has 0 fully saturated rings. The van der Waals surface area contributed by atoms with Gasteiger partial charge in [0.15, 0.2) is 0 Å². The molecule has 0 amide bonds. The van der Waals surface area contributed by atoms with Gasteiger partial charge in [-0.2, -0.15) is 0 Å². The molecule has 4 N–H and O–H groups in total. The predicted molar refractivity (Wildman–Crippen MR) is 116 cm³/mol. The van der Waals surface area contributed by atoms with Crippen molar-refractivity contribution in [3.8, 4) is 0 Å². The van der Waals surface area contributed by atoms with Crippen molar-refractivity contribution in [1.82, 2.24) is 0 Å². The van der Waals surface area contributed by atoms with E-state index in [9.17, 15) is 0 Å². The van der Waals surface area contributed by atoms with E-state index < -0.39 is 0 Å². The molecule has 1 aromatic carbocycles. The quantitative estimate of drug-likeness (QED) is 0.226. The number of hydrogen-bond acceptors (Lipinski definition) is 2. The van der Waals surface area contributed by atoms with Gasteiger partial charge >= 0.3 is 0 Å². The van der Waals surface area contributed by atoms with E-state index in [0.29, 0.717) is 0 Å². The number of rotatable bonds is 18. The average molecular weight is 361 g/mol. The van der Waals surface area contributed by atoms with Gasteiger partial charge in [-0.3, -0.25) is 0 Å². The molecule has 0 saturated carbocycles. The van der Waals surface area contributed by atoms with Crippen LogP contribution >= 0.6 is 0 Å². The molecule has 0 unspecified atom stereocenters. The van der Waals surface area contributed by atoms with Crippen molar-refractivity contribution in [1.29, 1.82) is 0 Å². The number of benzene rings is 1. The minimum atomic E-state index is -0.107. The first-order valence-electron chi connectivity index (χ1n) is 11.3. The summed E-state index contributed by atoms with van der Waals surface area (Å²) < 4.78 is 0. The highest BCUT2D eigenvalue weighted by atomic mass is 14.8. The molecule has 2 heteroatoms. The first-order chi connectivity index (χ1) is 12.8. The molecule has 0 aliphatic carbocycles. The SMILES string of the molecule is NC(N)CCCCCCCCCCCCCCCCCc1ccccc1. The minimum absolute atomic E-state index is 0.107. The molecule has 0 aliphatic rings. The summed E-state index contributed by atoms with van der Waals surface area (Å²) in [6.45, 7) is 0. The molecule has 1 rings (SSSR count). The van der Waals surface area contributed by atoms with Crippen LogP contribution in [-0.2, 0) is 6.42 Å². The zero-order chi connectivity index (χ0) is 18.7. The summed E-state index contributed by atoms with van der Waals surface area (Å²) in [7, 11) is 0. The summed E-state index contributed by atoms with van der Waals surface area (Å²) in [6, 6.07) is 10.9. The lowest BCUT2D eigenvalue weighted by atomic mass is 10.0. The highest BCUT2D eigenvalue weighted by molar-refractivity contribution is 5.14. The van der Waals surface area contributed by atoms with Crippen molar-refractivity contribution in [2.24, 2.45) is 11.5 Å². The molecule has 0 saturated heterocycles. The van der Waals surface area contributed by atoms with Gasteiger partial charge in [0.2, 0.25) is 0 Å². The molecule has 26 heavy (non-hydrogen) atoms. The number of unbranched alkanes of at least 4 members (excludes halogenated alkanes) is 14. The molecule has 0 aromatic heterocycles. The van der Waals surface area contributed by atoms with E-state index in [1.165, 1.54) is 108 Å². The van der Waals surface area contributed by atoms with Crippen molar-refractivity contribution in [2.75, 3.05) is 0 Å². The molecular formula is C24H44N2. The molecule has 0 spiro atoms. The fraction of sp³-hybridized carbons (Fsp3) is 0.750. The zero-order valence-electron chi connectivity index (χ0n) is 17.1. The Kier molecular flexibility index (Phi) is 15.6. The van der Waals surface area contributed by atoms with Crippen molar-refractivity contribution >= 4 is 0 Å². The Labute approximate surface area is 163 Å². The molecule has 0 aliphatic heterocycles. The van der Waals surface area contributed by atoms with Gasteiger partial charge in [0.05, 0.1) is 6.17 Å². The Morgan fingerprint density at radius 3 is 1.31 bits per heavy atom. The normalized spacial score (nSPS) is 11.3. The van der Waals surface area contributed by atoms with Crippen LogP contribution in [0.25, 0.3) is 0 Å². The van der Waals surface area contributed by atoms with Crippen LogP contribution in [0.15, 0.2) is 30.3 Å². The molecular weight excluding hydrogens is 316 g/mol. The Hall–Kier alpha value is -0.860. The number of aryl methyl sites for hydroxylation is 1. The third kappa shape index (κ3) is 15.4. The Balaban J connectivity index is 1.70. The Morgan fingerprint density at radius 2 is 0.885 bits per heavy atom. The fourth-order valence-electron chi connectivity index (χ4n) is 3.65. The van der Waals surface area contributed by atoms with Gasteiger partial charge in [0.1, 0.15) is 0 Å². The van der Waals surface area contributed by atoms with Crippen LogP contribution in [0.5, 0.6) is 0 Å². The zero-order valence-corrected chi connectivity index (χ0v) is 17.1. The van der Waals surface area contributed by atoms with Crippen LogP contribution < -0.4 is 11.5 Å². The lowest BCUT2D eigenvalue weighted by Crippen LogP contribution is -2.29. The first kappa shape index (κ1) is 23.2. The van der Waals surface area contributed by atoms with Gasteiger partial charge in [-0.25, -0.2) is 0 Å². The van der Waals surface area contributed by atoms with E-state index >= 15 is 0 Å². The maximum Gasteiger partial charge on any atom is 0.0520 e. The average Bonchev–Trinajstić information content (AvgIpc) is 2.65. The van der Waals surface area contributed by atoms with E-state index in [1.807, 2.05) is 0 Å². The molecule has 0 heterocycles. The number of nitrogens with two attached hydrogens (primary N) is 2. The maximum atomic E-state index is 5.55. The van der Waals surface area contributed by atoms with E-state index in [0.717, 1.165) is 6.42 Å². The second-order valence-corrected chi connectivity index (χ2v) is 7.99. The largest absolute Gasteiger partial charge is 0.316 e. The molecule has 0 radical (unpaired) electrons. The van der Waals surface area contributed by atoms with Crippen LogP contribution in [0.2, 0.25) is 0 Å². The van der Waals surface area contributed by atoms with Crippen molar-refractivity contribution in [3.05, 3.63) is 35.9 Å². The van der Waals surface area contributed by atoms with E-state index in [2.05, 4.69) is 30.3 Å². The van der Waals surface area contributed by atoms with Crippen LogP contribution in [0.3, 0.4) is 0 Å². The maximum absolute atomic E-state index is 5.55. The molecule has 1 aromatic rings. The smallest absolute Gasteiger partial charge is 0.0520 e. The Bertz CT molecular complexity index is 388. The van der Waals surface area contributed by atoms with Crippen LogP contribution in [0.4, 0.5) is 0 Å². The highest BCUT2D eigenvalue weighted by Crippen LogP contribution is 2.14. The van der Waals surface area contributed by atoms with Gasteiger partial charge in [-0.15, -0.1) is 0 Å². The lowest BCUT2D eigenvalue weighted by Gasteiger charge is -2.05. The summed E-state index contributed by atoms with van der Waals surface area (Å²) in [5.74, 6) is 0. The van der Waals surface area contributed by atoms with Crippen molar-refractivity contribution < 1.29 is 0 Å². The van der Waals surface area contributed by atoms with Gasteiger partial charge in [-0.1, -0.05) is 120 Å². The Morgan fingerprint density at radius 1 is 0.500 bits per heavy atom. The topological polar surface area (TPSA) is 52.0 Å². The predicted octanol–water partition coefficient (Wildman–Crippen LogP) is 6.71. The second kappa shape index (κ2) is 17.5. The van der Waals surface area contributed by atoms with Crippen LogP contribution in [0.1, 0.15) is 108 Å². The summed E-state index contributed by atoms with van der Waals surface area (Å²) >= 11 is 0. The summed E-state index contributed by atoms with van der Waals surface area (Å²) in [5, 5.41) is 0. The standard InChI is InChI=1S/C24H44N2/c25-24(26)22-18-13-11-9-7-5-3-1-2-4-6-8-10-12-15-19-23-20-16-14-17-21-23/h14,16-17,20-21,24H,1-13,15,18-19,22,25-26H2. The summed E-state index contributed by atoms with van der Waals surface area (Å²) in [5.41, 5.74) is 12.6. The number of hydrogen-bond donors (Lipinski definition) is 2. The third-order valence-electron chi connectivity index (χ3n) is 5.35. The van der Waals surface area contributed by atoms with Crippen molar-refractivity contribution in [3.63, 3.8) is 0 Å². The summed E-state index contributed by atoms with van der Waals surface area (Å²) in [4.78, 5) is 0. The van der Waals surface area contributed by atoms with E-state index in [4.69, 9.17) is 11.5 Å². The monoisotopic (exact) mass is 360 g/mol. The van der Waals surface area contributed by atoms with E-state index in [1.54, 1.807) is 0 Å². The van der Waals surface area contributed by atoms with Gasteiger partial charge in [0, 0.05) is 0 Å². The van der Waals surface area contributed by atoms with Crippen LogP contribution in [0, 0.1) is 0 Å². The lowest BCUT2D eigenvalue weighted by molar-refractivity contribution is 0.517. The van der Waals surface area contributed by atoms with Gasteiger partial charge in [0.25, 0.3) is 0 Å². The fourth-order valence-corrected chi connectivity index (χ4v) is 3.65. The molecule has 150 valence electrons. The molecule has 2 nitrogen and oxygen atoms in total. The summed E-state index contributed by atoms with van der Waals surface area (Å²) in [6.07, 6.45) is 23.0. The highest BCUT2D eigenvalue weighted by Gasteiger charge is 1.97. The third-order valence-corrected chi connectivity index (χ3v) is 5.35.